The van der Waals surface area contributed by atoms with E-state index >= 15 is 0 Å². The molecule has 10 heavy (non-hydrogen) atoms. The average Bonchev–Trinajstić information content (AvgIpc) is 1.88. The smallest absolute Gasteiger partial charge is 0.0739 e. The van der Waals surface area contributed by atoms with Crippen LogP contribution in [0, 0.1) is 0 Å². The number of hydrogen-bond donors (Lipinski definition) is 1. The molecule has 0 saturated carbocycles. The van der Waals surface area contributed by atoms with E-state index in [0.29, 0.717) is 13.2 Å². The molecule has 0 aliphatic carbocycles. The van der Waals surface area contributed by atoms with Gasteiger partial charge in [0.2, 0.25) is 0 Å². The molecule has 1 fully saturated rings. The third kappa shape index (κ3) is 1.68. The Bertz CT molecular complexity index is 106. The fourth-order valence-corrected chi connectivity index (χ4v) is 1.20. The van der Waals surface area contributed by atoms with E-state index in [4.69, 9.17) is 4.74 Å². The van der Waals surface area contributed by atoms with Gasteiger partial charge in [-0.1, -0.05) is 0 Å². The number of ether oxygens (including phenoxy) is 1. The monoisotopic (exact) mass is 145 g/mol. The van der Waals surface area contributed by atoms with Gasteiger partial charge in [0.25, 0.3) is 0 Å². The van der Waals surface area contributed by atoms with E-state index < -0.39 is 0 Å². The van der Waals surface area contributed by atoms with Crippen LogP contribution in [0.4, 0.5) is 0 Å². The second kappa shape index (κ2) is 3.32. The SMILES string of the molecule is CN(C)[C@@H]1COCC[C@H]1O. The van der Waals surface area contributed by atoms with Gasteiger partial charge in [0.15, 0.2) is 0 Å². The molecular weight excluding hydrogens is 130 g/mol. The third-order valence-corrected chi connectivity index (χ3v) is 1.95. The molecule has 1 N–H and O–H groups in total. The minimum Gasteiger partial charge on any atom is -0.391 e. The Hall–Kier alpha value is -0.120. The molecule has 0 unspecified atom stereocenters. The molecule has 1 heterocycles. The summed E-state index contributed by atoms with van der Waals surface area (Å²) in [6.07, 6.45) is 0.562. The normalized spacial score (nSPS) is 34.8. The lowest BCUT2D eigenvalue weighted by Gasteiger charge is -2.32. The average molecular weight is 145 g/mol. The van der Waals surface area contributed by atoms with Crippen LogP contribution in [-0.2, 0) is 4.74 Å². The molecule has 0 spiro atoms. The van der Waals surface area contributed by atoms with Gasteiger partial charge in [-0.15, -0.1) is 0 Å². The Morgan fingerprint density at radius 3 is 2.60 bits per heavy atom. The zero-order chi connectivity index (χ0) is 7.56. The molecule has 1 saturated heterocycles. The molecule has 0 amide bonds. The largest absolute Gasteiger partial charge is 0.391 e. The molecule has 1 aliphatic rings. The standard InChI is InChI=1S/C7H15NO2/c1-8(2)6-5-10-4-3-7(6)9/h6-7,9H,3-5H2,1-2H3/t6-,7-/m1/s1. The van der Waals surface area contributed by atoms with Crippen LogP contribution in [0.5, 0.6) is 0 Å². The third-order valence-electron chi connectivity index (χ3n) is 1.95. The highest BCUT2D eigenvalue weighted by atomic mass is 16.5. The van der Waals surface area contributed by atoms with Crippen molar-refractivity contribution < 1.29 is 9.84 Å². The molecule has 0 aromatic heterocycles. The molecule has 1 rings (SSSR count). The van der Waals surface area contributed by atoms with E-state index in [2.05, 4.69) is 0 Å². The zero-order valence-electron chi connectivity index (χ0n) is 6.58. The Morgan fingerprint density at radius 1 is 1.50 bits per heavy atom. The van der Waals surface area contributed by atoms with Crippen LogP contribution in [-0.4, -0.2) is 49.5 Å². The summed E-state index contributed by atoms with van der Waals surface area (Å²) in [4.78, 5) is 2.00. The van der Waals surface area contributed by atoms with Gasteiger partial charge in [-0.05, 0) is 20.5 Å². The van der Waals surface area contributed by atoms with Gasteiger partial charge < -0.3 is 14.7 Å². The van der Waals surface area contributed by atoms with Crippen molar-refractivity contribution in [3.05, 3.63) is 0 Å². The van der Waals surface area contributed by atoms with Gasteiger partial charge in [-0.25, -0.2) is 0 Å². The summed E-state index contributed by atoms with van der Waals surface area (Å²) >= 11 is 0. The van der Waals surface area contributed by atoms with Gasteiger partial charge >= 0.3 is 0 Å². The van der Waals surface area contributed by atoms with E-state index in [1.54, 1.807) is 0 Å². The van der Waals surface area contributed by atoms with Gasteiger partial charge in [-0.2, -0.15) is 0 Å². The maximum atomic E-state index is 9.42. The Kier molecular flexibility index (Phi) is 2.65. The first-order chi connectivity index (χ1) is 4.72. The lowest BCUT2D eigenvalue weighted by atomic mass is 10.1. The van der Waals surface area contributed by atoms with Crippen molar-refractivity contribution in [2.45, 2.75) is 18.6 Å². The van der Waals surface area contributed by atoms with Crippen LogP contribution in [0.2, 0.25) is 0 Å². The van der Waals surface area contributed by atoms with Gasteiger partial charge in [0.1, 0.15) is 0 Å². The Labute approximate surface area is 61.6 Å². The second-order valence-electron chi connectivity index (χ2n) is 2.96. The van der Waals surface area contributed by atoms with Crippen molar-refractivity contribution in [3.8, 4) is 0 Å². The molecule has 0 aromatic rings. The quantitative estimate of drug-likeness (QED) is 0.550. The fraction of sp³-hybridized carbons (Fsp3) is 1.00. The van der Waals surface area contributed by atoms with Crippen LogP contribution in [0.1, 0.15) is 6.42 Å². The first kappa shape index (κ1) is 7.98. The fourth-order valence-electron chi connectivity index (χ4n) is 1.20. The summed E-state index contributed by atoms with van der Waals surface area (Å²) in [6.45, 7) is 1.36. The summed E-state index contributed by atoms with van der Waals surface area (Å²) in [5, 5.41) is 9.42. The summed E-state index contributed by atoms with van der Waals surface area (Å²) in [5.41, 5.74) is 0. The number of likely N-dealkylation sites (N-methyl/N-ethyl adjacent to an activating group) is 1. The van der Waals surface area contributed by atoms with Crippen LogP contribution < -0.4 is 0 Å². The van der Waals surface area contributed by atoms with E-state index in [-0.39, 0.29) is 12.1 Å². The Balaban J connectivity index is 2.40. The van der Waals surface area contributed by atoms with Crippen molar-refractivity contribution in [2.75, 3.05) is 27.3 Å². The van der Waals surface area contributed by atoms with Crippen LogP contribution in [0.15, 0.2) is 0 Å². The highest BCUT2D eigenvalue weighted by Gasteiger charge is 2.24. The lowest BCUT2D eigenvalue weighted by molar-refractivity contribution is -0.0475. The summed E-state index contributed by atoms with van der Waals surface area (Å²) in [7, 11) is 3.92. The van der Waals surface area contributed by atoms with Gasteiger partial charge in [0.05, 0.1) is 18.8 Å². The molecule has 1 aliphatic heterocycles. The van der Waals surface area contributed by atoms with Crippen LogP contribution >= 0.6 is 0 Å². The maximum Gasteiger partial charge on any atom is 0.0739 e. The molecular formula is C7H15NO2. The van der Waals surface area contributed by atoms with E-state index in [1.807, 2.05) is 19.0 Å². The molecule has 0 bridgehead atoms. The highest BCUT2D eigenvalue weighted by molar-refractivity contribution is 4.78. The van der Waals surface area contributed by atoms with Crippen molar-refractivity contribution >= 4 is 0 Å². The first-order valence-corrected chi connectivity index (χ1v) is 3.64. The highest BCUT2D eigenvalue weighted by Crippen LogP contribution is 2.10. The van der Waals surface area contributed by atoms with Gasteiger partial charge in [-0.3, -0.25) is 0 Å². The molecule has 2 atom stereocenters. The minimum absolute atomic E-state index is 0.189. The van der Waals surface area contributed by atoms with Crippen LogP contribution in [0.3, 0.4) is 0 Å². The summed E-state index contributed by atoms with van der Waals surface area (Å²) < 4.78 is 5.21. The maximum absolute atomic E-state index is 9.42. The number of aliphatic hydroxyl groups is 1. The van der Waals surface area contributed by atoms with Crippen molar-refractivity contribution in [2.24, 2.45) is 0 Å². The van der Waals surface area contributed by atoms with Crippen molar-refractivity contribution in [1.82, 2.24) is 4.90 Å². The first-order valence-electron chi connectivity index (χ1n) is 3.64. The lowest BCUT2D eigenvalue weighted by Crippen LogP contribution is -2.46. The summed E-state index contributed by atoms with van der Waals surface area (Å²) in [5.74, 6) is 0. The summed E-state index contributed by atoms with van der Waals surface area (Å²) in [6, 6.07) is 0.189. The van der Waals surface area contributed by atoms with Crippen LogP contribution in [0.25, 0.3) is 0 Å². The Morgan fingerprint density at radius 2 is 2.20 bits per heavy atom. The predicted octanol–water partition coefficient (Wildman–Crippen LogP) is -0.302. The molecule has 3 nitrogen and oxygen atoms in total. The number of rotatable bonds is 1. The van der Waals surface area contributed by atoms with Crippen molar-refractivity contribution in [1.29, 1.82) is 0 Å². The number of nitrogens with zero attached hydrogens (tertiary/aromatic N) is 1. The minimum atomic E-state index is -0.205. The predicted molar refractivity (Wildman–Crippen MR) is 38.9 cm³/mol. The molecule has 0 aromatic carbocycles. The van der Waals surface area contributed by atoms with E-state index in [9.17, 15) is 5.11 Å². The molecule has 0 radical (unpaired) electrons. The second-order valence-corrected chi connectivity index (χ2v) is 2.96. The zero-order valence-corrected chi connectivity index (χ0v) is 6.58. The molecule has 60 valence electrons. The molecule has 3 heteroatoms. The topological polar surface area (TPSA) is 32.7 Å². The number of hydrogen-bond acceptors (Lipinski definition) is 3. The van der Waals surface area contributed by atoms with E-state index in [1.165, 1.54) is 0 Å². The van der Waals surface area contributed by atoms with Crippen molar-refractivity contribution in [3.63, 3.8) is 0 Å². The number of aliphatic hydroxyl groups excluding tert-OH is 1. The van der Waals surface area contributed by atoms with Gasteiger partial charge in [0, 0.05) is 6.61 Å². The van der Waals surface area contributed by atoms with E-state index in [0.717, 1.165) is 6.42 Å².